The van der Waals surface area contributed by atoms with Crippen molar-refractivity contribution in [2.75, 3.05) is 13.2 Å². The number of allylic oxidation sites excluding steroid dienone is 3. The summed E-state index contributed by atoms with van der Waals surface area (Å²) in [6.07, 6.45) is 7.74. The third-order valence-electron chi connectivity index (χ3n) is 3.38. The van der Waals surface area contributed by atoms with Gasteiger partial charge in [-0.25, -0.2) is 0 Å². The van der Waals surface area contributed by atoms with Gasteiger partial charge in [0, 0.05) is 24.4 Å². The Kier molecular flexibility index (Phi) is 3.47. The number of hydrogen-bond donors (Lipinski definition) is 0. The average molecular weight is 270 g/mol. The van der Waals surface area contributed by atoms with Gasteiger partial charge in [-0.2, -0.15) is 0 Å². The molecule has 0 fully saturated rings. The Morgan fingerprint density at radius 3 is 2.60 bits per heavy atom. The van der Waals surface area contributed by atoms with Gasteiger partial charge in [-0.1, -0.05) is 18.2 Å². The Balaban J connectivity index is 2.07. The van der Waals surface area contributed by atoms with Crippen molar-refractivity contribution in [3.63, 3.8) is 0 Å². The first-order chi connectivity index (χ1) is 9.78. The number of rotatable bonds is 4. The van der Waals surface area contributed by atoms with Crippen molar-refractivity contribution < 1.29 is 14.2 Å². The molecule has 3 rings (SSSR count). The molecule has 20 heavy (non-hydrogen) atoms. The van der Waals surface area contributed by atoms with Gasteiger partial charge in [-0.05, 0) is 43.7 Å². The number of benzene rings is 1. The van der Waals surface area contributed by atoms with E-state index in [0.717, 1.165) is 22.5 Å². The lowest BCUT2D eigenvalue weighted by Crippen LogP contribution is -2.34. The van der Waals surface area contributed by atoms with Crippen molar-refractivity contribution >= 4 is 5.57 Å². The maximum Gasteiger partial charge on any atom is 0.209 e. The molecule has 0 amide bonds. The molecule has 1 aliphatic heterocycles. The van der Waals surface area contributed by atoms with Crippen LogP contribution in [0.1, 0.15) is 19.4 Å². The Morgan fingerprint density at radius 1 is 1.10 bits per heavy atom. The van der Waals surface area contributed by atoms with Gasteiger partial charge in [0.25, 0.3) is 0 Å². The van der Waals surface area contributed by atoms with Crippen LogP contribution in [-0.4, -0.2) is 19.0 Å². The average Bonchev–Trinajstić information content (AvgIpc) is 2.48. The molecule has 0 radical (unpaired) electrons. The molecule has 3 heteroatoms. The molecule has 1 aliphatic carbocycles. The van der Waals surface area contributed by atoms with E-state index >= 15 is 0 Å². The van der Waals surface area contributed by atoms with Crippen LogP contribution in [0.3, 0.4) is 0 Å². The molecule has 0 N–H and O–H groups in total. The van der Waals surface area contributed by atoms with Crippen molar-refractivity contribution in [2.24, 2.45) is 0 Å². The summed E-state index contributed by atoms with van der Waals surface area (Å²) in [5, 5.41) is 0. The van der Waals surface area contributed by atoms with Crippen LogP contribution in [0, 0.1) is 0 Å². The van der Waals surface area contributed by atoms with E-state index in [1.807, 2.05) is 50.3 Å². The molecule has 0 unspecified atom stereocenters. The van der Waals surface area contributed by atoms with Crippen LogP contribution < -0.4 is 4.74 Å². The first-order valence-corrected chi connectivity index (χ1v) is 6.94. The second kappa shape index (κ2) is 5.27. The molecule has 3 nitrogen and oxygen atoms in total. The highest BCUT2D eigenvalue weighted by Crippen LogP contribution is 2.40. The van der Waals surface area contributed by atoms with E-state index in [2.05, 4.69) is 6.07 Å². The van der Waals surface area contributed by atoms with Crippen LogP contribution in [-0.2, 0) is 9.47 Å². The topological polar surface area (TPSA) is 27.7 Å². The van der Waals surface area contributed by atoms with Crippen molar-refractivity contribution in [2.45, 2.75) is 19.6 Å². The lowest BCUT2D eigenvalue weighted by atomic mass is 9.89. The molecule has 0 atom stereocenters. The second-order valence-electron chi connectivity index (χ2n) is 4.67. The molecule has 1 aromatic carbocycles. The van der Waals surface area contributed by atoms with Crippen molar-refractivity contribution in [1.29, 1.82) is 0 Å². The summed E-state index contributed by atoms with van der Waals surface area (Å²) in [4.78, 5) is 0. The normalized spacial score (nSPS) is 18.5. The lowest BCUT2D eigenvalue weighted by molar-refractivity contribution is -0.165. The Bertz CT molecular complexity index is 590. The van der Waals surface area contributed by atoms with E-state index in [1.165, 1.54) is 0 Å². The zero-order valence-electron chi connectivity index (χ0n) is 11.8. The van der Waals surface area contributed by atoms with Crippen LogP contribution in [0.4, 0.5) is 0 Å². The van der Waals surface area contributed by atoms with Gasteiger partial charge in [0.1, 0.15) is 5.75 Å². The molecule has 1 aromatic rings. The zero-order chi connectivity index (χ0) is 14.0. The fraction of sp³-hybridized carbons (Fsp3) is 0.294. The molecule has 104 valence electrons. The van der Waals surface area contributed by atoms with E-state index in [9.17, 15) is 0 Å². The second-order valence-corrected chi connectivity index (χ2v) is 4.67. The minimum atomic E-state index is -0.777. The summed E-state index contributed by atoms with van der Waals surface area (Å²) < 4.78 is 17.3. The van der Waals surface area contributed by atoms with E-state index in [4.69, 9.17) is 14.2 Å². The largest absolute Gasteiger partial charge is 0.464 e. The molecule has 0 saturated carbocycles. The van der Waals surface area contributed by atoms with Gasteiger partial charge in [0.05, 0.1) is 6.26 Å². The maximum atomic E-state index is 5.82. The smallest absolute Gasteiger partial charge is 0.209 e. The van der Waals surface area contributed by atoms with Crippen LogP contribution in [0.15, 0.2) is 54.3 Å². The fourth-order valence-corrected chi connectivity index (χ4v) is 2.56. The highest BCUT2D eigenvalue weighted by atomic mass is 16.7. The highest BCUT2D eigenvalue weighted by Gasteiger charge is 2.32. The third-order valence-corrected chi connectivity index (χ3v) is 3.38. The number of ether oxygens (including phenoxy) is 3. The SMILES string of the molecule is CCOC1(OCC)C=CC2=COc3ccccc3C2=C1. The summed E-state index contributed by atoms with van der Waals surface area (Å²) in [5.41, 5.74) is 3.20. The van der Waals surface area contributed by atoms with Crippen LogP contribution in [0.2, 0.25) is 0 Å². The minimum Gasteiger partial charge on any atom is -0.464 e. The van der Waals surface area contributed by atoms with E-state index in [-0.39, 0.29) is 0 Å². The number of para-hydroxylation sites is 1. The van der Waals surface area contributed by atoms with Crippen LogP contribution in [0.25, 0.3) is 5.57 Å². The predicted molar refractivity (Wildman–Crippen MR) is 78.3 cm³/mol. The molecule has 0 aromatic heterocycles. The first kappa shape index (κ1) is 13.2. The lowest BCUT2D eigenvalue weighted by Gasteiger charge is -2.32. The van der Waals surface area contributed by atoms with Gasteiger partial charge < -0.3 is 14.2 Å². The van der Waals surface area contributed by atoms with Gasteiger partial charge in [0.15, 0.2) is 0 Å². The minimum absolute atomic E-state index is 0.589. The van der Waals surface area contributed by atoms with Crippen molar-refractivity contribution in [3.8, 4) is 5.75 Å². The summed E-state index contributed by atoms with van der Waals surface area (Å²) in [6.45, 7) is 5.11. The van der Waals surface area contributed by atoms with Gasteiger partial charge in [-0.3, -0.25) is 0 Å². The molecule has 2 aliphatic rings. The number of hydrogen-bond acceptors (Lipinski definition) is 3. The maximum absolute atomic E-state index is 5.82. The summed E-state index contributed by atoms with van der Waals surface area (Å²) >= 11 is 0. The Morgan fingerprint density at radius 2 is 1.85 bits per heavy atom. The van der Waals surface area contributed by atoms with Crippen molar-refractivity contribution in [3.05, 3.63) is 59.9 Å². The van der Waals surface area contributed by atoms with Gasteiger partial charge in [0.2, 0.25) is 5.79 Å². The summed E-state index contributed by atoms with van der Waals surface area (Å²) in [7, 11) is 0. The molecular weight excluding hydrogens is 252 g/mol. The van der Waals surface area contributed by atoms with Crippen molar-refractivity contribution in [1.82, 2.24) is 0 Å². The quantitative estimate of drug-likeness (QED) is 0.781. The van der Waals surface area contributed by atoms with E-state index in [1.54, 1.807) is 6.26 Å². The number of fused-ring (bicyclic) bond motifs is 3. The van der Waals surface area contributed by atoms with Gasteiger partial charge in [-0.15, -0.1) is 0 Å². The highest BCUT2D eigenvalue weighted by molar-refractivity contribution is 5.87. The summed E-state index contributed by atoms with van der Waals surface area (Å²) in [6, 6.07) is 7.99. The fourth-order valence-electron chi connectivity index (χ4n) is 2.56. The first-order valence-electron chi connectivity index (χ1n) is 6.94. The third kappa shape index (κ3) is 2.19. The standard InChI is InChI=1S/C17H18O3/c1-3-19-17(20-4-2)10-9-13-12-18-16-8-6-5-7-14(16)15(13)11-17/h5-12H,3-4H2,1-2H3. The molecule has 0 saturated heterocycles. The molecule has 0 bridgehead atoms. The monoisotopic (exact) mass is 270 g/mol. The molecular formula is C17H18O3. The molecule has 1 heterocycles. The van der Waals surface area contributed by atoms with Crippen LogP contribution >= 0.6 is 0 Å². The Labute approximate surface area is 119 Å². The van der Waals surface area contributed by atoms with Crippen LogP contribution in [0.5, 0.6) is 5.75 Å². The van der Waals surface area contributed by atoms with E-state index in [0.29, 0.717) is 13.2 Å². The zero-order valence-corrected chi connectivity index (χ0v) is 11.8. The summed E-state index contributed by atoms with van der Waals surface area (Å²) in [5.74, 6) is 0.0837. The van der Waals surface area contributed by atoms with Gasteiger partial charge >= 0.3 is 0 Å². The van der Waals surface area contributed by atoms with E-state index < -0.39 is 5.79 Å². The Hall–Kier alpha value is -1.84. The molecule has 0 spiro atoms. The predicted octanol–water partition coefficient (Wildman–Crippen LogP) is 3.69.